The van der Waals surface area contributed by atoms with E-state index in [2.05, 4.69) is 10.6 Å². The van der Waals surface area contributed by atoms with Gasteiger partial charge in [-0.05, 0) is 13.3 Å². The summed E-state index contributed by atoms with van der Waals surface area (Å²) in [4.78, 5) is 11.0. The first-order valence-corrected chi connectivity index (χ1v) is 4.39. The fourth-order valence-electron chi connectivity index (χ4n) is 0.714. The molecule has 0 aromatic carbocycles. The molecule has 0 spiro atoms. The molecule has 70 valence electrons. The van der Waals surface area contributed by atoms with Crippen LogP contribution in [0.3, 0.4) is 0 Å². The summed E-state index contributed by atoms with van der Waals surface area (Å²) in [6, 6.07) is 0. The zero-order valence-corrected chi connectivity index (χ0v) is 7.89. The van der Waals surface area contributed by atoms with Crippen LogP contribution in [0, 0.1) is 0 Å². The van der Waals surface area contributed by atoms with Gasteiger partial charge in [0.25, 0.3) is 0 Å². The normalized spacial score (nSPS) is 10.5. The molecule has 0 unspecified atom stereocenters. The van der Waals surface area contributed by atoms with E-state index in [9.17, 15) is 4.79 Å². The first-order chi connectivity index (χ1) is 5.81. The molecule has 0 aromatic rings. The summed E-state index contributed by atoms with van der Waals surface area (Å²) in [6.07, 6.45) is 4.92. The Hall–Kier alpha value is -0.830. The summed E-state index contributed by atoms with van der Waals surface area (Å²) in [5.74, 6) is 0.0707. The highest BCUT2D eigenvalue weighted by atomic mass is 16.1. The van der Waals surface area contributed by atoms with Crippen molar-refractivity contribution in [2.24, 2.45) is 0 Å². The van der Waals surface area contributed by atoms with Gasteiger partial charge < -0.3 is 10.6 Å². The van der Waals surface area contributed by atoms with E-state index in [1.165, 1.54) is 0 Å². The molecular formula is C9H18N2O. The molecule has 2 N–H and O–H groups in total. The van der Waals surface area contributed by atoms with Crippen LogP contribution in [0.2, 0.25) is 0 Å². The lowest BCUT2D eigenvalue weighted by molar-refractivity contribution is -0.120. The summed E-state index contributed by atoms with van der Waals surface area (Å²) in [5, 5.41) is 5.78. The zero-order valence-electron chi connectivity index (χ0n) is 7.89. The molecule has 0 heterocycles. The number of amides is 1. The number of nitrogens with one attached hydrogen (secondary N) is 2. The average molecular weight is 170 g/mol. The van der Waals surface area contributed by atoms with Crippen molar-refractivity contribution in [1.82, 2.24) is 10.6 Å². The van der Waals surface area contributed by atoms with Gasteiger partial charge in [-0.1, -0.05) is 19.1 Å². The Kier molecular flexibility index (Phi) is 7.70. The van der Waals surface area contributed by atoms with E-state index in [0.29, 0.717) is 6.54 Å². The molecule has 0 aliphatic rings. The summed E-state index contributed by atoms with van der Waals surface area (Å²) >= 11 is 0. The molecule has 1 amide bonds. The summed E-state index contributed by atoms with van der Waals surface area (Å²) in [6.45, 7) is 5.93. The van der Waals surface area contributed by atoms with E-state index >= 15 is 0 Å². The van der Waals surface area contributed by atoms with Crippen LogP contribution >= 0.6 is 0 Å². The molecule has 12 heavy (non-hydrogen) atoms. The maximum absolute atomic E-state index is 11.0. The first kappa shape index (κ1) is 11.2. The standard InChI is InChI=1S/C9H18N2O/c1-3-5-7-10-8-9(12)11-6-4-2/h3,5,10H,4,6-8H2,1-2H3,(H,11,12)/b5-3+. The molecule has 0 bridgehead atoms. The summed E-state index contributed by atoms with van der Waals surface area (Å²) < 4.78 is 0. The highest BCUT2D eigenvalue weighted by Gasteiger charge is 1.95. The lowest BCUT2D eigenvalue weighted by Gasteiger charge is -2.02. The van der Waals surface area contributed by atoms with Crippen LogP contribution in [0.1, 0.15) is 20.3 Å². The maximum Gasteiger partial charge on any atom is 0.233 e. The molecule has 0 rings (SSSR count). The van der Waals surface area contributed by atoms with E-state index in [0.717, 1.165) is 19.5 Å². The molecular weight excluding hydrogens is 152 g/mol. The third-order valence-corrected chi connectivity index (χ3v) is 1.36. The predicted molar refractivity (Wildman–Crippen MR) is 51.0 cm³/mol. The van der Waals surface area contributed by atoms with Crippen LogP contribution in [0.25, 0.3) is 0 Å². The van der Waals surface area contributed by atoms with E-state index in [1.54, 1.807) is 0 Å². The zero-order chi connectivity index (χ0) is 9.23. The predicted octanol–water partition coefficient (Wildman–Crippen LogP) is 0.678. The lowest BCUT2D eigenvalue weighted by Crippen LogP contribution is -2.34. The van der Waals surface area contributed by atoms with E-state index in [-0.39, 0.29) is 5.91 Å². The van der Waals surface area contributed by atoms with Gasteiger partial charge >= 0.3 is 0 Å². The van der Waals surface area contributed by atoms with Crippen LogP contribution in [0.5, 0.6) is 0 Å². The third kappa shape index (κ3) is 7.28. The monoisotopic (exact) mass is 170 g/mol. The molecule has 3 nitrogen and oxygen atoms in total. The molecule has 0 fully saturated rings. The number of hydrogen-bond donors (Lipinski definition) is 2. The van der Waals surface area contributed by atoms with Gasteiger partial charge in [-0.15, -0.1) is 0 Å². The van der Waals surface area contributed by atoms with Gasteiger partial charge in [-0.2, -0.15) is 0 Å². The Balaban J connectivity index is 3.19. The number of carbonyl (C=O) groups is 1. The van der Waals surface area contributed by atoms with Gasteiger partial charge in [-0.25, -0.2) is 0 Å². The van der Waals surface area contributed by atoms with E-state index < -0.39 is 0 Å². The Labute approximate surface area is 74.2 Å². The SMILES string of the molecule is C/C=C/CNCC(=O)NCCC. The second-order valence-electron chi connectivity index (χ2n) is 2.55. The minimum Gasteiger partial charge on any atom is -0.355 e. The van der Waals surface area contributed by atoms with Crippen molar-refractivity contribution >= 4 is 5.91 Å². The molecule has 0 atom stereocenters. The van der Waals surface area contributed by atoms with Crippen LogP contribution in [0.15, 0.2) is 12.2 Å². The van der Waals surface area contributed by atoms with E-state index in [4.69, 9.17) is 0 Å². The molecule has 3 heteroatoms. The number of carbonyl (C=O) groups excluding carboxylic acids is 1. The highest BCUT2D eigenvalue weighted by molar-refractivity contribution is 5.77. The minimum atomic E-state index is 0.0707. The molecule has 0 saturated heterocycles. The van der Waals surface area contributed by atoms with Gasteiger partial charge in [0.2, 0.25) is 5.91 Å². The van der Waals surface area contributed by atoms with Gasteiger partial charge in [0, 0.05) is 13.1 Å². The number of hydrogen-bond acceptors (Lipinski definition) is 2. The molecule has 0 aliphatic heterocycles. The Morgan fingerprint density at radius 1 is 1.50 bits per heavy atom. The lowest BCUT2D eigenvalue weighted by atomic mass is 10.4. The van der Waals surface area contributed by atoms with Gasteiger partial charge in [-0.3, -0.25) is 4.79 Å². The smallest absolute Gasteiger partial charge is 0.233 e. The van der Waals surface area contributed by atoms with Crippen LogP contribution < -0.4 is 10.6 Å². The quantitative estimate of drug-likeness (QED) is 0.454. The fourth-order valence-corrected chi connectivity index (χ4v) is 0.714. The topological polar surface area (TPSA) is 41.1 Å². The van der Waals surface area contributed by atoms with Gasteiger partial charge in [0.1, 0.15) is 0 Å². The van der Waals surface area contributed by atoms with Crippen LogP contribution in [-0.2, 0) is 4.79 Å². The van der Waals surface area contributed by atoms with Crippen molar-refractivity contribution in [3.8, 4) is 0 Å². The van der Waals surface area contributed by atoms with Crippen molar-refractivity contribution in [1.29, 1.82) is 0 Å². The Morgan fingerprint density at radius 2 is 2.25 bits per heavy atom. The molecule has 0 aromatic heterocycles. The Morgan fingerprint density at radius 3 is 2.83 bits per heavy atom. The van der Waals surface area contributed by atoms with Crippen molar-refractivity contribution in [2.75, 3.05) is 19.6 Å². The first-order valence-electron chi connectivity index (χ1n) is 4.39. The molecule has 0 radical (unpaired) electrons. The second-order valence-corrected chi connectivity index (χ2v) is 2.55. The minimum absolute atomic E-state index is 0.0707. The molecule has 0 saturated carbocycles. The summed E-state index contributed by atoms with van der Waals surface area (Å²) in [7, 11) is 0. The number of rotatable bonds is 6. The largest absolute Gasteiger partial charge is 0.355 e. The number of allylic oxidation sites excluding steroid dienone is 1. The highest BCUT2D eigenvalue weighted by Crippen LogP contribution is 1.71. The Bertz CT molecular complexity index is 143. The van der Waals surface area contributed by atoms with Crippen LogP contribution in [0.4, 0.5) is 0 Å². The third-order valence-electron chi connectivity index (χ3n) is 1.36. The van der Waals surface area contributed by atoms with Crippen molar-refractivity contribution in [3.05, 3.63) is 12.2 Å². The molecule has 0 aliphatic carbocycles. The van der Waals surface area contributed by atoms with E-state index in [1.807, 2.05) is 26.0 Å². The van der Waals surface area contributed by atoms with Crippen LogP contribution in [-0.4, -0.2) is 25.5 Å². The van der Waals surface area contributed by atoms with Crippen molar-refractivity contribution in [2.45, 2.75) is 20.3 Å². The van der Waals surface area contributed by atoms with Crippen molar-refractivity contribution < 1.29 is 4.79 Å². The van der Waals surface area contributed by atoms with Crippen molar-refractivity contribution in [3.63, 3.8) is 0 Å². The second kappa shape index (κ2) is 8.27. The fraction of sp³-hybridized carbons (Fsp3) is 0.667. The average Bonchev–Trinajstić information content (AvgIpc) is 2.09. The maximum atomic E-state index is 11.0. The van der Waals surface area contributed by atoms with Gasteiger partial charge in [0.15, 0.2) is 0 Å². The summed E-state index contributed by atoms with van der Waals surface area (Å²) in [5.41, 5.74) is 0. The van der Waals surface area contributed by atoms with Gasteiger partial charge in [0.05, 0.1) is 6.54 Å².